The number of fused-ring (bicyclic) bond motifs is 1. The summed E-state index contributed by atoms with van der Waals surface area (Å²) < 4.78 is 0. The van der Waals surface area contributed by atoms with E-state index in [0.717, 1.165) is 12.0 Å². The number of hydrogen-bond donors (Lipinski definition) is 3. The zero-order valence-electron chi connectivity index (χ0n) is 10.7. The molecule has 2 rings (SSSR count). The molecule has 19 heavy (non-hydrogen) atoms. The highest BCUT2D eigenvalue weighted by molar-refractivity contribution is 8.01. The fraction of sp³-hybridized carbons (Fsp3) is 0.333. The number of aromatic amines is 2. The van der Waals surface area contributed by atoms with Gasteiger partial charge < -0.3 is 10.7 Å². The SMILES string of the molecule is CC/C(=C\SC)Cc1c(Cl)[nH]c2c(=O)[nH]c(N)nc12. The van der Waals surface area contributed by atoms with Crippen molar-refractivity contribution < 1.29 is 0 Å². The van der Waals surface area contributed by atoms with E-state index >= 15 is 0 Å². The Labute approximate surface area is 119 Å². The highest BCUT2D eigenvalue weighted by Crippen LogP contribution is 2.27. The summed E-state index contributed by atoms with van der Waals surface area (Å²) in [5, 5.41) is 2.53. The first kappa shape index (κ1) is 14.0. The summed E-state index contributed by atoms with van der Waals surface area (Å²) in [5.74, 6) is 0.0984. The van der Waals surface area contributed by atoms with Gasteiger partial charge in [-0.15, -0.1) is 11.8 Å². The van der Waals surface area contributed by atoms with E-state index in [0.29, 0.717) is 22.6 Å². The van der Waals surface area contributed by atoms with Crippen molar-refractivity contribution in [3.05, 3.63) is 32.1 Å². The first-order valence-corrected chi connectivity index (χ1v) is 7.50. The topological polar surface area (TPSA) is 87.6 Å². The lowest BCUT2D eigenvalue weighted by atomic mass is 10.1. The number of nitrogen functional groups attached to an aromatic ring is 1. The largest absolute Gasteiger partial charge is 0.369 e. The second-order valence-corrected chi connectivity index (χ2v) is 5.22. The molecule has 0 saturated carbocycles. The third-order valence-electron chi connectivity index (χ3n) is 2.87. The van der Waals surface area contributed by atoms with Crippen molar-refractivity contribution >= 4 is 40.3 Å². The van der Waals surface area contributed by atoms with Gasteiger partial charge in [0.15, 0.2) is 0 Å². The van der Waals surface area contributed by atoms with Crippen LogP contribution in [-0.4, -0.2) is 21.2 Å². The van der Waals surface area contributed by atoms with Crippen molar-refractivity contribution in [2.45, 2.75) is 19.8 Å². The number of nitrogens with two attached hydrogens (primary N) is 1. The van der Waals surface area contributed by atoms with E-state index in [1.165, 1.54) is 5.57 Å². The molecule has 7 heteroatoms. The minimum atomic E-state index is -0.303. The molecule has 2 aromatic rings. The van der Waals surface area contributed by atoms with E-state index in [1.807, 2.05) is 6.26 Å². The minimum absolute atomic E-state index is 0.0984. The van der Waals surface area contributed by atoms with Crippen LogP contribution in [-0.2, 0) is 6.42 Å². The van der Waals surface area contributed by atoms with E-state index < -0.39 is 0 Å². The van der Waals surface area contributed by atoms with E-state index in [1.54, 1.807) is 11.8 Å². The molecule has 0 saturated heterocycles. The van der Waals surface area contributed by atoms with E-state index in [4.69, 9.17) is 17.3 Å². The second-order valence-electron chi connectivity index (χ2n) is 4.13. The zero-order chi connectivity index (χ0) is 14.0. The van der Waals surface area contributed by atoms with Crippen LogP contribution in [0.25, 0.3) is 11.0 Å². The summed E-state index contributed by atoms with van der Waals surface area (Å²) in [5.41, 5.74) is 8.25. The molecule has 0 atom stereocenters. The standard InChI is InChI=1S/C12H15ClN4OS/c1-3-6(5-19-2)4-7-8-9(15-10(7)13)11(18)17-12(14)16-8/h5,15H,3-4H2,1-2H3,(H3,14,16,17,18)/b6-5+. The summed E-state index contributed by atoms with van der Waals surface area (Å²) in [7, 11) is 0. The Kier molecular flexibility index (Phi) is 4.21. The molecule has 0 radical (unpaired) electrons. The fourth-order valence-electron chi connectivity index (χ4n) is 1.92. The molecule has 0 aliphatic carbocycles. The van der Waals surface area contributed by atoms with Crippen LogP contribution in [0, 0.1) is 0 Å². The van der Waals surface area contributed by atoms with Gasteiger partial charge in [0.25, 0.3) is 5.56 Å². The van der Waals surface area contributed by atoms with E-state index in [2.05, 4.69) is 27.3 Å². The maximum atomic E-state index is 11.8. The number of rotatable bonds is 4. The van der Waals surface area contributed by atoms with Gasteiger partial charge in [-0.3, -0.25) is 9.78 Å². The molecular formula is C12H15ClN4OS. The lowest BCUT2D eigenvalue weighted by Gasteiger charge is -2.04. The molecule has 2 heterocycles. The summed E-state index contributed by atoms with van der Waals surface area (Å²) in [6, 6.07) is 0. The van der Waals surface area contributed by atoms with Crippen LogP contribution < -0.4 is 11.3 Å². The van der Waals surface area contributed by atoms with Crippen molar-refractivity contribution in [2.75, 3.05) is 12.0 Å². The molecule has 0 unspecified atom stereocenters. The Balaban J connectivity index is 2.57. The molecule has 0 amide bonds. The Morgan fingerprint density at radius 1 is 1.53 bits per heavy atom. The normalized spacial score (nSPS) is 12.3. The second kappa shape index (κ2) is 5.71. The molecule has 2 aromatic heterocycles. The maximum Gasteiger partial charge on any atom is 0.276 e. The number of anilines is 1. The number of aromatic nitrogens is 3. The van der Waals surface area contributed by atoms with Crippen molar-refractivity contribution in [1.29, 1.82) is 0 Å². The number of allylic oxidation sites excluding steroid dienone is 1. The summed E-state index contributed by atoms with van der Waals surface area (Å²) in [6.07, 6.45) is 3.59. The highest BCUT2D eigenvalue weighted by atomic mass is 35.5. The van der Waals surface area contributed by atoms with Crippen molar-refractivity contribution in [1.82, 2.24) is 15.0 Å². The van der Waals surface area contributed by atoms with Gasteiger partial charge >= 0.3 is 0 Å². The van der Waals surface area contributed by atoms with Gasteiger partial charge in [-0.1, -0.05) is 24.1 Å². The number of H-pyrrole nitrogens is 2. The molecule has 0 aliphatic rings. The van der Waals surface area contributed by atoms with Crippen molar-refractivity contribution in [2.24, 2.45) is 0 Å². The van der Waals surface area contributed by atoms with Crippen LogP contribution in [0.15, 0.2) is 15.8 Å². The molecule has 4 N–H and O–H groups in total. The molecule has 0 aliphatic heterocycles. The summed E-state index contributed by atoms with van der Waals surface area (Å²) in [4.78, 5) is 21.3. The number of nitrogens with zero attached hydrogens (tertiary/aromatic N) is 1. The third-order valence-corrected chi connectivity index (χ3v) is 3.76. The quantitative estimate of drug-likeness (QED) is 0.810. The molecule has 0 bridgehead atoms. The minimum Gasteiger partial charge on any atom is -0.369 e. The van der Waals surface area contributed by atoms with Gasteiger partial charge in [0, 0.05) is 5.56 Å². The average Bonchev–Trinajstić information content (AvgIpc) is 2.66. The van der Waals surface area contributed by atoms with Gasteiger partial charge in [-0.25, -0.2) is 4.98 Å². The number of thioether (sulfide) groups is 1. The molecular weight excluding hydrogens is 284 g/mol. The van der Waals surface area contributed by atoms with Gasteiger partial charge in [0.1, 0.15) is 16.2 Å². The first-order valence-electron chi connectivity index (χ1n) is 5.83. The fourth-order valence-corrected chi connectivity index (χ4v) is 2.75. The maximum absolute atomic E-state index is 11.8. The van der Waals surface area contributed by atoms with Gasteiger partial charge in [0.05, 0.1) is 0 Å². The van der Waals surface area contributed by atoms with E-state index in [-0.39, 0.29) is 11.5 Å². The first-order chi connectivity index (χ1) is 9.06. The molecule has 5 nitrogen and oxygen atoms in total. The number of hydrogen-bond acceptors (Lipinski definition) is 4. The van der Waals surface area contributed by atoms with Gasteiger partial charge in [0.2, 0.25) is 5.95 Å². The van der Waals surface area contributed by atoms with Crippen LogP contribution in [0.1, 0.15) is 18.9 Å². The lowest BCUT2D eigenvalue weighted by molar-refractivity contribution is 1.01. The average molecular weight is 299 g/mol. The predicted octanol–water partition coefficient (Wildman–Crippen LogP) is 2.69. The van der Waals surface area contributed by atoms with Crippen LogP contribution in [0.5, 0.6) is 0 Å². The molecule has 0 fully saturated rings. The molecule has 102 valence electrons. The highest BCUT2D eigenvalue weighted by Gasteiger charge is 2.15. The smallest absolute Gasteiger partial charge is 0.276 e. The Morgan fingerprint density at radius 3 is 2.89 bits per heavy atom. The monoisotopic (exact) mass is 298 g/mol. The summed E-state index contributed by atoms with van der Waals surface area (Å²) in [6.45, 7) is 2.08. The Morgan fingerprint density at radius 2 is 2.26 bits per heavy atom. The van der Waals surface area contributed by atoms with E-state index in [9.17, 15) is 4.79 Å². The summed E-state index contributed by atoms with van der Waals surface area (Å²) >= 11 is 7.82. The van der Waals surface area contributed by atoms with Gasteiger partial charge in [-0.05, 0) is 24.5 Å². The number of halogens is 1. The predicted molar refractivity (Wildman–Crippen MR) is 81.7 cm³/mol. The Bertz CT molecular complexity index is 689. The molecule has 0 aromatic carbocycles. The van der Waals surface area contributed by atoms with Crippen LogP contribution in [0.2, 0.25) is 5.15 Å². The van der Waals surface area contributed by atoms with Gasteiger partial charge in [-0.2, -0.15) is 0 Å². The van der Waals surface area contributed by atoms with Crippen LogP contribution in [0.3, 0.4) is 0 Å². The van der Waals surface area contributed by atoms with Crippen LogP contribution in [0.4, 0.5) is 5.95 Å². The zero-order valence-corrected chi connectivity index (χ0v) is 12.3. The Hall–Kier alpha value is -1.40. The third kappa shape index (κ3) is 2.79. The van der Waals surface area contributed by atoms with Crippen molar-refractivity contribution in [3.63, 3.8) is 0 Å². The lowest BCUT2D eigenvalue weighted by Crippen LogP contribution is -2.11. The number of nitrogens with one attached hydrogen (secondary N) is 2. The van der Waals surface area contributed by atoms with Crippen LogP contribution >= 0.6 is 23.4 Å². The molecule has 0 spiro atoms. The van der Waals surface area contributed by atoms with Crippen molar-refractivity contribution in [3.8, 4) is 0 Å².